The van der Waals surface area contributed by atoms with Gasteiger partial charge in [-0.15, -0.1) is 0 Å². The zero-order valence-corrected chi connectivity index (χ0v) is 13.5. The predicted molar refractivity (Wildman–Crippen MR) is 88.5 cm³/mol. The molecule has 0 fully saturated rings. The summed E-state index contributed by atoms with van der Waals surface area (Å²) in [4.78, 5) is 19.9. The summed E-state index contributed by atoms with van der Waals surface area (Å²) in [5.41, 5.74) is 1.63. The number of nitrogens with one attached hydrogen (secondary N) is 1. The molecule has 2 rings (SSSR count). The molecule has 23 heavy (non-hydrogen) atoms. The Morgan fingerprint density at radius 1 is 1.26 bits per heavy atom. The monoisotopic (exact) mass is 315 g/mol. The van der Waals surface area contributed by atoms with Crippen molar-refractivity contribution in [3.63, 3.8) is 0 Å². The minimum absolute atomic E-state index is 0.258. The Balaban J connectivity index is 2.19. The van der Waals surface area contributed by atoms with Crippen LogP contribution in [0.5, 0.6) is 5.75 Å². The second-order valence-corrected chi connectivity index (χ2v) is 5.66. The summed E-state index contributed by atoms with van der Waals surface area (Å²) in [5.74, 6) is 0.431. The van der Waals surface area contributed by atoms with Crippen molar-refractivity contribution < 1.29 is 14.6 Å². The molecule has 6 nitrogen and oxygen atoms in total. The van der Waals surface area contributed by atoms with Crippen LogP contribution >= 0.6 is 0 Å². The molecule has 0 aliphatic heterocycles. The van der Waals surface area contributed by atoms with Crippen LogP contribution in [-0.4, -0.2) is 34.2 Å². The van der Waals surface area contributed by atoms with E-state index in [4.69, 9.17) is 4.74 Å². The van der Waals surface area contributed by atoms with E-state index in [-0.39, 0.29) is 5.92 Å². The molecule has 2 N–H and O–H groups in total. The second kappa shape index (κ2) is 7.58. The van der Waals surface area contributed by atoms with Crippen LogP contribution in [0, 0.1) is 5.92 Å². The molecule has 1 heterocycles. The summed E-state index contributed by atoms with van der Waals surface area (Å²) in [6.07, 6.45) is 2.12. The van der Waals surface area contributed by atoms with Gasteiger partial charge in [-0.1, -0.05) is 13.8 Å². The number of hydrogen-bond acceptors (Lipinski definition) is 5. The van der Waals surface area contributed by atoms with E-state index in [9.17, 15) is 9.90 Å². The average Bonchev–Trinajstić information content (AvgIpc) is 2.54. The van der Waals surface area contributed by atoms with Gasteiger partial charge >= 0.3 is 5.97 Å². The van der Waals surface area contributed by atoms with Gasteiger partial charge in [0.15, 0.2) is 0 Å². The number of benzene rings is 1. The van der Waals surface area contributed by atoms with Crippen LogP contribution in [0.4, 0.5) is 5.95 Å². The van der Waals surface area contributed by atoms with Gasteiger partial charge in [-0.05, 0) is 42.7 Å². The highest BCUT2D eigenvalue weighted by atomic mass is 16.5. The maximum atomic E-state index is 11.3. The summed E-state index contributed by atoms with van der Waals surface area (Å²) >= 11 is 0. The van der Waals surface area contributed by atoms with E-state index >= 15 is 0 Å². The summed E-state index contributed by atoms with van der Waals surface area (Å²) in [5, 5.41) is 12.2. The molecule has 0 radical (unpaired) electrons. The molecule has 1 atom stereocenters. The van der Waals surface area contributed by atoms with E-state index in [1.54, 1.807) is 19.4 Å². The third-order valence-corrected chi connectivity index (χ3v) is 3.35. The van der Waals surface area contributed by atoms with Crippen LogP contribution in [0.3, 0.4) is 0 Å². The van der Waals surface area contributed by atoms with Gasteiger partial charge in [-0.25, -0.2) is 14.8 Å². The molecule has 0 saturated heterocycles. The van der Waals surface area contributed by atoms with Crippen molar-refractivity contribution in [2.75, 3.05) is 12.4 Å². The summed E-state index contributed by atoms with van der Waals surface area (Å²) in [6.45, 7) is 3.96. The molecule has 0 bridgehead atoms. The van der Waals surface area contributed by atoms with Crippen LogP contribution in [0.1, 0.15) is 20.3 Å². The van der Waals surface area contributed by atoms with Gasteiger partial charge in [-0.3, -0.25) is 0 Å². The van der Waals surface area contributed by atoms with E-state index in [1.165, 1.54) is 0 Å². The van der Waals surface area contributed by atoms with Gasteiger partial charge in [-0.2, -0.15) is 0 Å². The highest BCUT2D eigenvalue weighted by Gasteiger charge is 2.19. The largest absolute Gasteiger partial charge is 0.497 e. The SMILES string of the molecule is COc1ccc(-c2ccnc(N[C@@H](CC(C)C)C(=O)O)n2)cc1. The third kappa shape index (κ3) is 4.67. The fourth-order valence-electron chi connectivity index (χ4n) is 2.20. The van der Waals surface area contributed by atoms with Crippen LogP contribution in [-0.2, 0) is 4.79 Å². The van der Waals surface area contributed by atoms with Gasteiger partial charge < -0.3 is 15.2 Å². The molecule has 2 aromatic rings. The average molecular weight is 315 g/mol. The molecular formula is C17H21N3O3. The number of aliphatic carboxylic acids is 1. The van der Waals surface area contributed by atoms with Crippen molar-refractivity contribution in [2.24, 2.45) is 5.92 Å². The van der Waals surface area contributed by atoms with E-state index in [0.717, 1.165) is 17.0 Å². The summed E-state index contributed by atoms with van der Waals surface area (Å²) < 4.78 is 5.13. The lowest BCUT2D eigenvalue weighted by Crippen LogP contribution is -2.31. The lowest BCUT2D eigenvalue weighted by molar-refractivity contribution is -0.138. The molecule has 1 aromatic carbocycles. The summed E-state index contributed by atoms with van der Waals surface area (Å²) in [7, 11) is 1.61. The maximum Gasteiger partial charge on any atom is 0.326 e. The van der Waals surface area contributed by atoms with E-state index < -0.39 is 12.0 Å². The van der Waals surface area contributed by atoms with Crippen LogP contribution in [0.15, 0.2) is 36.5 Å². The Morgan fingerprint density at radius 3 is 2.52 bits per heavy atom. The van der Waals surface area contributed by atoms with Crippen molar-refractivity contribution in [1.82, 2.24) is 9.97 Å². The Kier molecular flexibility index (Phi) is 5.51. The number of anilines is 1. The van der Waals surface area contributed by atoms with Gasteiger partial charge in [0.1, 0.15) is 11.8 Å². The first-order valence-electron chi connectivity index (χ1n) is 7.46. The lowest BCUT2D eigenvalue weighted by atomic mass is 10.0. The third-order valence-electron chi connectivity index (χ3n) is 3.35. The molecular weight excluding hydrogens is 294 g/mol. The number of rotatable bonds is 7. The maximum absolute atomic E-state index is 11.3. The zero-order valence-electron chi connectivity index (χ0n) is 13.5. The number of nitrogens with zero attached hydrogens (tertiary/aromatic N) is 2. The van der Waals surface area contributed by atoms with Crippen molar-refractivity contribution in [2.45, 2.75) is 26.3 Å². The Hall–Kier alpha value is -2.63. The molecule has 0 saturated carbocycles. The number of carboxylic acid groups (broad SMARTS) is 1. The Bertz CT molecular complexity index is 656. The van der Waals surface area contributed by atoms with Crippen molar-refractivity contribution in [1.29, 1.82) is 0 Å². The molecule has 0 spiro atoms. The van der Waals surface area contributed by atoms with E-state index in [1.807, 2.05) is 38.1 Å². The molecule has 0 aliphatic rings. The Labute approximate surface area is 135 Å². The smallest absolute Gasteiger partial charge is 0.326 e. The zero-order chi connectivity index (χ0) is 16.8. The molecule has 0 amide bonds. The molecule has 0 unspecified atom stereocenters. The number of aromatic nitrogens is 2. The van der Waals surface area contributed by atoms with Crippen molar-refractivity contribution >= 4 is 11.9 Å². The van der Waals surface area contributed by atoms with Crippen LogP contribution < -0.4 is 10.1 Å². The molecule has 0 aliphatic carbocycles. The predicted octanol–water partition coefficient (Wildman–Crippen LogP) is 3.06. The number of methoxy groups -OCH3 is 1. The highest BCUT2D eigenvalue weighted by Crippen LogP contribution is 2.21. The minimum atomic E-state index is -0.905. The molecule has 1 aromatic heterocycles. The van der Waals surface area contributed by atoms with Gasteiger partial charge in [0.2, 0.25) is 5.95 Å². The quantitative estimate of drug-likeness (QED) is 0.817. The van der Waals surface area contributed by atoms with Crippen molar-refractivity contribution in [3.05, 3.63) is 36.5 Å². The van der Waals surface area contributed by atoms with Gasteiger partial charge in [0.05, 0.1) is 12.8 Å². The number of carboxylic acids is 1. The first-order chi connectivity index (χ1) is 11.0. The normalized spacial score (nSPS) is 12.0. The first-order valence-corrected chi connectivity index (χ1v) is 7.46. The van der Waals surface area contributed by atoms with E-state index in [2.05, 4.69) is 15.3 Å². The van der Waals surface area contributed by atoms with Crippen LogP contribution in [0.2, 0.25) is 0 Å². The number of carbonyl (C=O) groups is 1. The van der Waals surface area contributed by atoms with Gasteiger partial charge in [0, 0.05) is 11.8 Å². The standard InChI is InChI=1S/C17H21N3O3/c1-11(2)10-15(16(21)22)20-17-18-9-8-14(19-17)12-4-6-13(23-3)7-5-12/h4-9,11,15H,10H2,1-3H3,(H,21,22)(H,18,19,20)/t15-/m0/s1. The number of hydrogen-bond donors (Lipinski definition) is 2. The van der Waals surface area contributed by atoms with Crippen molar-refractivity contribution in [3.8, 4) is 17.0 Å². The fourth-order valence-corrected chi connectivity index (χ4v) is 2.20. The fraction of sp³-hybridized carbons (Fsp3) is 0.353. The van der Waals surface area contributed by atoms with E-state index in [0.29, 0.717) is 12.4 Å². The Morgan fingerprint density at radius 2 is 1.96 bits per heavy atom. The van der Waals surface area contributed by atoms with Crippen LogP contribution in [0.25, 0.3) is 11.3 Å². The first kappa shape index (κ1) is 16.7. The van der Waals surface area contributed by atoms with Gasteiger partial charge in [0.25, 0.3) is 0 Å². The molecule has 122 valence electrons. The topological polar surface area (TPSA) is 84.3 Å². The lowest BCUT2D eigenvalue weighted by Gasteiger charge is -2.16. The second-order valence-electron chi connectivity index (χ2n) is 5.66. The number of ether oxygens (including phenoxy) is 1. The highest BCUT2D eigenvalue weighted by molar-refractivity contribution is 5.76. The minimum Gasteiger partial charge on any atom is -0.497 e. The summed E-state index contributed by atoms with van der Waals surface area (Å²) in [6, 6.07) is 8.57. The molecule has 6 heteroatoms.